The number of hydrogen-bond acceptors (Lipinski definition) is 4. The van der Waals surface area contributed by atoms with E-state index in [1.807, 2.05) is 24.3 Å². The third-order valence-electron chi connectivity index (χ3n) is 4.18. The fraction of sp³-hybridized carbons (Fsp3) is 0. The van der Waals surface area contributed by atoms with E-state index in [0.29, 0.717) is 16.8 Å². The normalized spacial score (nSPS) is 12.5. The number of fused-ring (bicyclic) bond motifs is 2. The lowest BCUT2D eigenvalue weighted by molar-refractivity contribution is 0.0977. The lowest BCUT2D eigenvalue weighted by Gasteiger charge is -2.21. The van der Waals surface area contributed by atoms with E-state index in [4.69, 9.17) is 0 Å². The number of ketones is 2. The molecule has 0 atom stereocenters. The van der Waals surface area contributed by atoms with Crippen LogP contribution in [0.25, 0.3) is 0 Å². The van der Waals surface area contributed by atoms with E-state index in [2.05, 4.69) is 21.2 Å². The molecule has 0 saturated carbocycles. The first-order valence-corrected chi connectivity index (χ1v) is 8.42. The third-order valence-corrected chi connectivity index (χ3v) is 4.71. The predicted octanol–water partition coefficient (Wildman–Crippen LogP) is 4.67. The number of carbonyl (C=O) groups is 2. The van der Waals surface area contributed by atoms with Crippen molar-refractivity contribution in [3.05, 3.63) is 87.4 Å². The van der Waals surface area contributed by atoms with Crippen LogP contribution in [0.4, 0.5) is 11.4 Å². The number of phenols is 1. The van der Waals surface area contributed by atoms with Crippen LogP contribution in [0.5, 0.6) is 5.75 Å². The number of rotatable bonds is 2. The smallest absolute Gasteiger partial charge is 0.198 e. The lowest BCUT2D eigenvalue weighted by atomic mass is 9.82. The number of aromatic hydroxyl groups is 1. The maximum Gasteiger partial charge on any atom is 0.198 e. The van der Waals surface area contributed by atoms with Gasteiger partial charge in [-0.15, -0.1) is 0 Å². The molecule has 0 unspecified atom stereocenters. The number of nitrogens with one attached hydrogen (secondary N) is 1. The van der Waals surface area contributed by atoms with Gasteiger partial charge in [0.25, 0.3) is 0 Å². The molecule has 3 aromatic carbocycles. The molecule has 4 nitrogen and oxygen atoms in total. The summed E-state index contributed by atoms with van der Waals surface area (Å²) >= 11 is 3.38. The second kappa shape index (κ2) is 5.86. The highest BCUT2D eigenvalue weighted by Gasteiger charge is 2.33. The molecule has 5 heteroatoms. The molecule has 2 N–H and O–H groups in total. The monoisotopic (exact) mass is 393 g/mol. The SMILES string of the molecule is O=C1c2ccccc2C(=O)c2c(Nc3ccc(Br)cc3)ccc(O)c21. The van der Waals surface area contributed by atoms with Gasteiger partial charge in [-0.25, -0.2) is 0 Å². The van der Waals surface area contributed by atoms with E-state index < -0.39 is 0 Å². The molecule has 0 bridgehead atoms. The minimum atomic E-state index is -0.345. The van der Waals surface area contributed by atoms with Gasteiger partial charge >= 0.3 is 0 Å². The maximum absolute atomic E-state index is 13.0. The number of hydrogen-bond donors (Lipinski definition) is 2. The summed E-state index contributed by atoms with van der Waals surface area (Å²) in [5.41, 5.74) is 2.18. The van der Waals surface area contributed by atoms with Gasteiger partial charge in [-0.3, -0.25) is 9.59 Å². The first-order valence-electron chi connectivity index (χ1n) is 7.63. The van der Waals surface area contributed by atoms with Crippen molar-refractivity contribution in [2.24, 2.45) is 0 Å². The second-order valence-corrected chi connectivity index (χ2v) is 6.63. The van der Waals surface area contributed by atoms with Crippen molar-refractivity contribution in [2.45, 2.75) is 0 Å². The van der Waals surface area contributed by atoms with E-state index >= 15 is 0 Å². The predicted molar refractivity (Wildman–Crippen MR) is 98.8 cm³/mol. The summed E-state index contributed by atoms with van der Waals surface area (Å²) in [6.45, 7) is 0. The van der Waals surface area contributed by atoms with E-state index in [1.54, 1.807) is 30.3 Å². The average molecular weight is 394 g/mol. The summed E-state index contributed by atoms with van der Waals surface area (Å²) in [5, 5.41) is 13.4. The molecular formula is C20H12BrNO3. The molecule has 0 aliphatic heterocycles. The summed E-state index contributed by atoms with van der Waals surface area (Å²) in [5.74, 6) is -0.813. The molecule has 0 aromatic heterocycles. The van der Waals surface area contributed by atoms with Crippen LogP contribution in [0.2, 0.25) is 0 Å². The van der Waals surface area contributed by atoms with Crippen molar-refractivity contribution >= 4 is 38.9 Å². The third kappa shape index (κ3) is 2.53. The van der Waals surface area contributed by atoms with Crippen LogP contribution in [0.15, 0.2) is 65.1 Å². The van der Waals surface area contributed by atoms with Gasteiger partial charge < -0.3 is 10.4 Å². The van der Waals surface area contributed by atoms with Crippen LogP contribution in [-0.4, -0.2) is 16.7 Å². The summed E-state index contributed by atoms with van der Waals surface area (Å²) in [6, 6.07) is 17.1. The van der Waals surface area contributed by atoms with Gasteiger partial charge in [0.05, 0.1) is 16.8 Å². The van der Waals surface area contributed by atoms with E-state index in [9.17, 15) is 14.7 Å². The number of anilines is 2. The molecule has 25 heavy (non-hydrogen) atoms. The van der Waals surface area contributed by atoms with E-state index in [-0.39, 0.29) is 28.4 Å². The van der Waals surface area contributed by atoms with Crippen LogP contribution in [0, 0.1) is 0 Å². The maximum atomic E-state index is 13.0. The molecule has 0 saturated heterocycles. The molecule has 4 rings (SSSR count). The van der Waals surface area contributed by atoms with Gasteiger partial charge in [-0.05, 0) is 36.4 Å². The largest absolute Gasteiger partial charge is 0.507 e. The van der Waals surface area contributed by atoms with Crippen LogP contribution in [0.1, 0.15) is 31.8 Å². The summed E-state index contributed by atoms with van der Waals surface area (Å²) < 4.78 is 0.936. The number of halogens is 1. The van der Waals surface area contributed by atoms with E-state index in [0.717, 1.165) is 10.2 Å². The van der Waals surface area contributed by atoms with Crippen molar-refractivity contribution in [1.82, 2.24) is 0 Å². The minimum absolute atomic E-state index is 0.0470. The highest BCUT2D eigenvalue weighted by atomic mass is 79.9. The quantitative estimate of drug-likeness (QED) is 0.485. The Morgan fingerprint density at radius 3 is 2.00 bits per heavy atom. The Labute approximate surface area is 152 Å². The highest BCUT2D eigenvalue weighted by Crippen LogP contribution is 2.38. The highest BCUT2D eigenvalue weighted by molar-refractivity contribution is 9.10. The molecule has 0 amide bonds. The summed E-state index contributed by atoms with van der Waals surface area (Å²) in [4.78, 5) is 25.7. The van der Waals surface area contributed by atoms with Crippen molar-refractivity contribution in [3.63, 3.8) is 0 Å². The molecule has 0 heterocycles. The van der Waals surface area contributed by atoms with Gasteiger partial charge in [0.2, 0.25) is 0 Å². The van der Waals surface area contributed by atoms with Crippen LogP contribution in [0.3, 0.4) is 0 Å². The Morgan fingerprint density at radius 1 is 0.760 bits per heavy atom. The number of benzene rings is 3. The summed E-state index contributed by atoms with van der Waals surface area (Å²) in [7, 11) is 0. The van der Waals surface area contributed by atoms with Crippen molar-refractivity contribution in [1.29, 1.82) is 0 Å². The molecule has 122 valence electrons. The van der Waals surface area contributed by atoms with Gasteiger partial charge in [0, 0.05) is 21.3 Å². The molecule has 0 fully saturated rings. The zero-order valence-electron chi connectivity index (χ0n) is 12.9. The van der Waals surface area contributed by atoms with Crippen molar-refractivity contribution < 1.29 is 14.7 Å². The van der Waals surface area contributed by atoms with E-state index in [1.165, 1.54) is 6.07 Å². The van der Waals surface area contributed by atoms with Gasteiger partial charge in [-0.1, -0.05) is 40.2 Å². The standard InChI is InChI=1S/C20H12BrNO3/c21-11-5-7-12(8-6-11)22-15-9-10-16(23)18-17(15)19(24)13-3-1-2-4-14(13)20(18)25/h1-10,22-23H. The Hall–Kier alpha value is -2.92. The Morgan fingerprint density at radius 2 is 1.36 bits per heavy atom. The van der Waals surface area contributed by atoms with Gasteiger partial charge in [-0.2, -0.15) is 0 Å². The molecule has 1 aliphatic carbocycles. The Balaban J connectivity index is 1.88. The average Bonchev–Trinajstić information content (AvgIpc) is 2.63. The summed E-state index contributed by atoms with van der Waals surface area (Å²) in [6.07, 6.45) is 0. The van der Waals surface area contributed by atoms with Crippen molar-refractivity contribution in [3.8, 4) is 5.75 Å². The lowest BCUT2D eigenvalue weighted by Crippen LogP contribution is -2.22. The topological polar surface area (TPSA) is 66.4 Å². The number of phenolic OH excluding ortho intramolecular Hbond substituents is 1. The first-order chi connectivity index (χ1) is 12.1. The molecule has 3 aromatic rings. The van der Waals surface area contributed by atoms with Crippen molar-refractivity contribution in [2.75, 3.05) is 5.32 Å². The second-order valence-electron chi connectivity index (χ2n) is 5.72. The van der Waals surface area contributed by atoms with Crippen LogP contribution < -0.4 is 5.32 Å². The zero-order valence-corrected chi connectivity index (χ0v) is 14.5. The van der Waals surface area contributed by atoms with Gasteiger partial charge in [0.15, 0.2) is 11.6 Å². The zero-order chi connectivity index (χ0) is 17.6. The Bertz CT molecular complexity index is 1030. The van der Waals surface area contributed by atoms with Gasteiger partial charge in [0.1, 0.15) is 5.75 Å². The minimum Gasteiger partial charge on any atom is -0.507 e. The molecular weight excluding hydrogens is 382 g/mol. The number of carbonyl (C=O) groups excluding carboxylic acids is 2. The molecule has 0 spiro atoms. The fourth-order valence-corrected chi connectivity index (χ4v) is 3.26. The molecule has 1 aliphatic rings. The molecule has 0 radical (unpaired) electrons. The van der Waals surface area contributed by atoms with Crippen LogP contribution >= 0.6 is 15.9 Å². The fourth-order valence-electron chi connectivity index (χ4n) is 3.00. The Kier molecular flexibility index (Phi) is 3.66. The van der Waals surface area contributed by atoms with Crippen LogP contribution in [-0.2, 0) is 0 Å². The first kappa shape index (κ1) is 15.6.